The van der Waals surface area contributed by atoms with Crippen LogP contribution in [-0.4, -0.2) is 11.3 Å². The van der Waals surface area contributed by atoms with Gasteiger partial charge in [0.25, 0.3) is 6.71 Å². The SMILES string of the molecule is Cc1ccc(N(c2ccc3c(c2)Oc2cccc4c2B3c2c(c3ccccc3c3ccccc23)N4c2ccccc2)c2cccc3c4ccccc4n(-c4ccccc4)c23)cc1. The van der Waals surface area contributed by atoms with E-state index in [-0.39, 0.29) is 6.71 Å². The van der Waals surface area contributed by atoms with E-state index >= 15 is 0 Å². The molecule has 0 N–H and O–H groups in total. The maximum absolute atomic E-state index is 7.17. The van der Waals surface area contributed by atoms with Gasteiger partial charge in [-0.1, -0.05) is 145 Å². The fraction of sp³-hybridized carbons (Fsp3) is 0.0175. The van der Waals surface area contributed by atoms with Crippen molar-refractivity contribution in [2.24, 2.45) is 0 Å². The molecule has 5 heteroatoms. The van der Waals surface area contributed by atoms with Crippen LogP contribution in [0.3, 0.4) is 0 Å². The van der Waals surface area contributed by atoms with Gasteiger partial charge in [0.2, 0.25) is 0 Å². The highest BCUT2D eigenvalue weighted by Gasteiger charge is 2.43. The number of ether oxygens (including phenoxy) is 1. The Bertz CT molecular complexity index is 3580. The number of aryl methyl sites for hydroxylation is 1. The number of fused-ring (bicyclic) bond motifs is 12. The molecular formula is C57H38BN3O. The van der Waals surface area contributed by atoms with Crippen molar-refractivity contribution in [2.45, 2.75) is 6.92 Å². The van der Waals surface area contributed by atoms with Crippen molar-refractivity contribution in [3.8, 4) is 17.2 Å². The standard InChI is InChI=1S/C57H38BN3O/c1-37-30-32-40(33-31-37)59(51-28-14-25-47-44-22-12-13-26-49(44)60(56(47)51)38-16-4-2-5-17-38)41-34-35-48-53(36-41)62-52-29-15-27-50-55(52)58(48)54-45-23-10-8-20-42(45)43-21-9-11-24-46(43)57(54)61(50)39-18-6-3-7-19-39/h2-36H,1H3. The van der Waals surface area contributed by atoms with E-state index in [1.165, 1.54) is 60.0 Å². The molecule has 0 radical (unpaired) electrons. The van der Waals surface area contributed by atoms with Crippen LogP contribution in [0.25, 0.3) is 49.0 Å². The van der Waals surface area contributed by atoms with E-state index in [0.717, 1.165) is 56.6 Å². The van der Waals surface area contributed by atoms with Crippen molar-refractivity contribution >= 4 is 101 Å². The summed E-state index contributed by atoms with van der Waals surface area (Å²) >= 11 is 0. The molecule has 0 bridgehead atoms. The van der Waals surface area contributed by atoms with Crippen molar-refractivity contribution in [3.05, 3.63) is 218 Å². The minimum Gasteiger partial charge on any atom is -0.458 e. The summed E-state index contributed by atoms with van der Waals surface area (Å²) in [6, 6.07) is 77.1. The molecule has 0 fully saturated rings. The maximum Gasteiger partial charge on any atom is 0.257 e. The molecule has 1 aromatic heterocycles. The highest BCUT2D eigenvalue weighted by molar-refractivity contribution is 7.01. The van der Waals surface area contributed by atoms with Crippen molar-refractivity contribution in [1.29, 1.82) is 0 Å². The quantitative estimate of drug-likeness (QED) is 0.128. The molecule has 0 saturated heterocycles. The normalized spacial score (nSPS) is 12.7. The third kappa shape index (κ3) is 5.03. The van der Waals surface area contributed by atoms with Crippen LogP contribution in [0.15, 0.2) is 212 Å². The number of nitrogens with zero attached hydrogens (tertiary/aromatic N) is 3. The van der Waals surface area contributed by atoms with Crippen LogP contribution in [0.4, 0.5) is 34.1 Å². The van der Waals surface area contributed by atoms with E-state index in [9.17, 15) is 0 Å². The minimum atomic E-state index is -0.0691. The van der Waals surface area contributed by atoms with Crippen molar-refractivity contribution in [2.75, 3.05) is 9.80 Å². The van der Waals surface area contributed by atoms with Gasteiger partial charge in [-0.25, -0.2) is 0 Å². The van der Waals surface area contributed by atoms with E-state index in [0.29, 0.717) is 0 Å². The average molecular weight is 792 g/mol. The Morgan fingerprint density at radius 3 is 1.84 bits per heavy atom. The zero-order valence-electron chi connectivity index (χ0n) is 34.0. The number of anilines is 6. The summed E-state index contributed by atoms with van der Waals surface area (Å²) in [4.78, 5) is 4.87. The third-order valence-electron chi connectivity index (χ3n) is 13.1. The fourth-order valence-corrected chi connectivity index (χ4v) is 10.5. The van der Waals surface area contributed by atoms with E-state index in [1.807, 2.05) is 0 Å². The summed E-state index contributed by atoms with van der Waals surface area (Å²) in [5.41, 5.74) is 15.0. The Labute approximate surface area is 360 Å². The first-order valence-electron chi connectivity index (χ1n) is 21.4. The molecule has 11 aromatic rings. The molecule has 0 amide bonds. The van der Waals surface area contributed by atoms with Crippen LogP contribution < -0.4 is 30.9 Å². The van der Waals surface area contributed by atoms with Gasteiger partial charge in [-0.2, -0.15) is 0 Å². The van der Waals surface area contributed by atoms with E-state index in [4.69, 9.17) is 4.74 Å². The van der Waals surface area contributed by atoms with Crippen LogP contribution in [0.2, 0.25) is 0 Å². The maximum atomic E-state index is 7.17. The molecule has 290 valence electrons. The highest BCUT2D eigenvalue weighted by atomic mass is 16.5. The zero-order valence-corrected chi connectivity index (χ0v) is 34.0. The molecule has 0 aliphatic carbocycles. The van der Waals surface area contributed by atoms with Gasteiger partial charge in [-0.05, 0) is 106 Å². The summed E-state index contributed by atoms with van der Waals surface area (Å²) in [5, 5.41) is 7.42. The molecule has 3 heterocycles. The Hall–Kier alpha value is -8.02. The zero-order chi connectivity index (χ0) is 40.9. The van der Waals surface area contributed by atoms with Crippen LogP contribution >= 0.6 is 0 Å². The van der Waals surface area contributed by atoms with Gasteiger partial charge >= 0.3 is 0 Å². The van der Waals surface area contributed by atoms with Gasteiger partial charge in [0.15, 0.2) is 0 Å². The molecule has 4 nitrogen and oxygen atoms in total. The number of aromatic nitrogens is 1. The molecule has 0 spiro atoms. The Kier molecular flexibility index (Phi) is 7.58. The number of para-hydroxylation sites is 4. The average Bonchev–Trinajstić information content (AvgIpc) is 3.68. The van der Waals surface area contributed by atoms with E-state index in [2.05, 4.69) is 234 Å². The lowest BCUT2D eigenvalue weighted by Gasteiger charge is -2.41. The minimum absolute atomic E-state index is 0.0691. The molecule has 0 atom stereocenters. The smallest absolute Gasteiger partial charge is 0.257 e. The first kappa shape index (κ1) is 34.8. The third-order valence-corrected chi connectivity index (χ3v) is 13.1. The van der Waals surface area contributed by atoms with Gasteiger partial charge in [0.1, 0.15) is 11.5 Å². The van der Waals surface area contributed by atoms with Crippen LogP contribution in [0.1, 0.15) is 5.56 Å². The number of rotatable bonds is 5. The van der Waals surface area contributed by atoms with Gasteiger partial charge in [-0.3, -0.25) is 0 Å². The second-order valence-corrected chi connectivity index (χ2v) is 16.5. The second-order valence-electron chi connectivity index (χ2n) is 16.5. The Morgan fingerprint density at radius 1 is 0.452 bits per heavy atom. The van der Waals surface area contributed by atoms with Crippen molar-refractivity contribution in [1.82, 2.24) is 4.57 Å². The molecule has 10 aromatic carbocycles. The van der Waals surface area contributed by atoms with Crippen LogP contribution in [0, 0.1) is 6.92 Å². The van der Waals surface area contributed by atoms with Crippen LogP contribution in [0.5, 0.6) is 11.5 Å². The summed E-state index contributed by atoms with van der Waals surface area (Å²) in [5.74, 6) is 1.75. The predicted octanol–water partition coefficient (Wildman–Crippen LogP) is 13.3. The van der Waals surface area contributed by atoms with Gasteiger partial charge in [0.05, 0.1) is 16.7 Å². The van der Waals surface area contributed by atoms with Gasteiger partial charge in [0, 0.05) is 56.3 Å². The monoisotopic (exact) mass is 791 g/mol. The van der Waals surface area contributed by atoms with Gasteiger partial charge < -0.3 is 19.1 Å². The predicted molar refractivity (Wildman–Crippen MR) is 261 cm³/mol. The summed E-state index contributed by atoms with van der Waals surface area (Å²) in [6.45, 7) is 2.08. The second kappa shape index (κ2) is 13.5. The lowest BCUT2D eigenvalue weighted by molar-refractivity contribution is 0.487. The molecule has 62 heavy (non-hydrogen) atoms. The van der Waals surface area contributed by atoms with E-state index < -0.39 is 0 Å². The Morgan fingerprint density at radius 2 is 1.06 bits per heavy atom. The first-order chi connectivity index (χ1) is 30.7. The highest BCUT2D eigenvalue weighted by Crippen LogP contribution is 2.48. The lowest BCUT2D eigenvalue weighted by atomic mass is 9.33. The van der Waals surface area contributed by atoms with Crippen molar-refractivity contribution < 1.29 is 4.74 Å². The first-order valence-corrected chi connectivity index (χ1v) is 21.4. The fourth-order valence-electron chi connectivity index (χ4n) is 10.5. The largest absolute Gasteiger partial charge is 0.458 e. The summed E-state index contributed by atoms with van der Waals surface area (Å²) < 4.78 is 9.59. The molecule has 2 aliphatic heterocycles. The van der Waals surface area contributed by atoms with Crippen molar-refractivity contribution in [3.63, 3.8) is 0 Å². The van der Waals surface area contributed by atoms with E-state index in [1.54, 1.807) is 0 Å². The number of hydrogen-bond donors (Lipinski definition) is 0. The molecule has 0 unspecified atom stereocenters. The number of benzene rings is 10. The molecule has 2 aliphatic rings. The Balaban J connectivity index is 1.08. The lowest BCUT2D eigenvalue weighted by Crippen LogP contribution is -2.59. The molecule has 0 saturated carbocycles. The van der Waals surface area contributed by atoms with Crippen LogP contribution in [-0.2, 0) is 0 Å². The molecular weight excluding hydrogens is 753 g/mol. The topological polar surface area (TPSA) is 20.6 Å². The molecule has 13 rings (SSSR count). The van der Waals surface area contributed by atoms with Gasteiger partial charge in [-0.15, -0.1) is 0 Å². The summed E-state index contributed by atoms with van der Waals surface area (Å²) in [7, 11) is 0. The summed E-state index contributed by atoms with van der Waals surface area (Å²) in [6.07, 6.45) is 0. The number of hydrogen-bond acceptors (Lipinski definition) is 3.